The normalized spacial score (nSPS) is 14.2. The fourth-order valence-electron chi connectivity index (χ4n) is 3.14. The molecule has 1 amide bonds. The summed E-state index contributed by atoms with van der Waals surface area (Å²) in [7, 11) is 0. The Morgan fingerprint density at radius 1 is 0.839 bits per heavy atom. The van der Waals surface area contributed by atoms with Gasteiger partial charge in [-0.2, -0.15) is 0 Å². The average Bonchev–Trinajstić information content (AvgIpc) is 2.77. The Balaban J connectivity index is 1.56. The van der Waals surface area contributed by atoms with Crippen molar-refractivity contribution in [1.82, 2.24) is 0 Å². The Bertz CT molecular complexity index is 946. The summed E-state index contributed by atoms with van der Waals surface area (Å²) in [5.74, 6) is -0.889. The van der Waals surface area contributed by atoms with Crippen molar-refractivity contribution in [3.05, 3.63) is 54.9 Å². The van der Waals surface area contributed by atoms with Gasteiger partial charge in [0.2, 0.25) is 0 Å². The summed E-state index contributed by atoms with van der Waals surface area (Å²) in [5, 5.41) is 2.50. The number of hydrogen-bond donors (Lipinski definition) is 1. The van der Waals surface area contributed by atoms with E-state index in [9.17, 15) is 9.59 Å². The number of amides is 1. The van der Waals surface area contributed by atoms with Crippen LogP contribution >= 0.6 is 58.0 Å². The van der Waals surface area contributed by atoms with E-state index >= 15 is 0 Å². The standard InChI is InChI=1S/C21H18Cl5NO4/c22-15-16(23)18(25)20(19(26)17(15)24)30-10-14(28)27-12-8-6-11(7-9-12)21(29)31-13-4-2-1-3-5-13/h6-9,13H,1-5,10H2,(H,27,28). The van der Waals surface area contributed by atoms with Gasteiger partial charge in [-0.05, 0) is 49.9 Å². The van der Waals surface area contributed by atoms with Gasteiger partial charge in [-0.1, -0.05) is 64.4 Å². The molecule has 1 N–H and O–H groups in total. The smallest absolute Gasteiger partial charge is 0.338 e. The molecule has 31 heavy (non-hydrogen) atoms. The summed E-state index contributed by atoms with van der Waals surface area (Å²) in [5.41, 5.74) is 0.899. The summed E-state index contributed by atoms with van der Waals surface area (Å²) in [4.78, 5) is 24.5. The molecule has 0 aliphatic heterocycles. The minimum atomic E-state index is -0.480. The van der Waals surface area contributed by atoms with Crippen LogP contribution in [0.3, 0.4) is 0 Å². The van der Waals surface area contributed by atoms with Gasteiger partial charge in [0.15, 0.2) is 12.4 Å². The van der Waals surface area contributed by atoms with Crippen LogP contribution in [-0.2, 0) is 9.53 Å². The highest BCUT2D eigenvalue weighted by molar-refractivity contribution is 6.55. The first kappa shape index (κ1) is 24.3. The summed E-state index contributed by atoms with van der Waals surface area (Å²) in [6.45, 7) is -0.404. The van der Waals surface area contributed by atoms with Crippen LogP contribution < -0.4 is 10.1 Å². The lowest BCUT2D eigenvalue weighted by molar-refractivity contribution is -0.118. The molecule has 1 aliphatic carbocycles. The molecular formula is C21H18Cl5NO4. The van der Waals surface area contributed by atoms with E-state index < -0.39 is 12.5 Å². The number of carbonyl (C=O) groups excluding carboxylic acids is 2. The van der Waals surface area contributed by atoms with Crippen LogP contribution in [0.1, 0.15) is 42.5 Å². The maximum Gasteiger partial charge on any atom is 0.338 e. The first-order valence-corrected chi connectivity index (χ1v) is 11.4. The lowest BCUT2D eigenvalue weighted by atomic mass is 9.98. The highest BCUT2D eigenvalue weighted by Crippen LogP contribution is 2.48. The Morgan fingerprint density at radius 3 is 1.97 bits per heavy atom. The molecule has 166 valence electrons. The second kappa shape index (κ2) is 11.0. The summed E-state index contributed by atoms with van der Waals surface area (Å²) >= 11 is 30.0. The fourth-order valence-corrected chi connectivity index (χ4v) is 4.37. The molecule has 0 atom stereocenters. The van der Waals surface area contributed by atoms with Crippen molar-refractivity contribution < 1.29 is 19.1 Å². The Labute approximate surface area is 204 Å². The van der Waals surface area contributed by atoms with Gasteiger partial charge < -0.3 is 14.8 Å². The molecule has 1 aliphatic rings. The van der Waals surface area contributed by atoms with Crippen LogP contribution in [0, 0.1) is 0 Å². The van der Waals surface area contributed by atoms with E-state index in [-0.39, 0.29) is 42.9 Å². The molecule has 2 aromatic carbocycles. The molecule has 0 heterocycles. The van der Waals surface area contributed by atoms with Crippen molar-refractivity contribution in [2.45, 2.75) is 38.2 Å². The largest absolute Gasteiger partial charge is 0.481 e. The first-order valence-electron chi connectivity index (χ1n) is 9.53. The molecule has 10 heteroatoms. The number of carbonyl (C=O) groups is 2. The zero-order valence-electron chi connectivity index (χ0n) is 16.2. The Morgan fingerprint density at radius 2 is 1.39 bits per heavy atom. The summed E-state index contributed by atoms with van der Waals surface area (Å²) in [6, 6.07) is 6.39. The van der Waals surface area contributed by atoms with E-state index in [0.717, 1.165) is 25.7 Å². The maximum absolute atomic E-state index is 12.3. The van der Waals surface area contributed by atoms with Gasteiger partial charge in [-0.3, -0.25) is 4.79 Å². The lowest BCUT2D eigenvalue weighted by Gasteiger charge is -2.21. The van der Waals surface area contributed by atoms with Gasteiger partial charge in [0.05, 0.1) is 20.6 Å². The molecule has 0 unspecified atom stereocenters. The highest BCUT2D eigenvalue weighted by Gasteiger charge is 2.22. The Kier molecular flexibility index (Phi) is 8.59. The van der Waals surface area contributed by atoms with E-state index in [4.69, 9.17) is 67.5 Å². The fraction of sp³-hybridized carbons (Fsp3) is 0.333. The van der Waals surface area contributed by atoms with Crippen LogP contribution in [0.4, 0.5) is 5.69 Å². The van der Waals surface area contributed by atoms with Crippen LogP contribution in [0.25, 0.3) is 0 Å². The van der Waals surface area contributed by atoms with E-state index in [2.05, 4.69) is 5.32 Å². The molecule has 2 aromatic rings. The van der Waals surface area contributed by atoms with E-state index in [1.807, 2.05) is 0 Å². The third kappa shape index (κ3) is 6.11. The van der Waals surface area contributed by atoms with Crippen LogP contribution in [0.5, 0.6) is 5.75 Å². The van der Waals surface area contributed by atoms with Gasteiger partial charge in [0, 0.05) is 5.69 Å². The van der Waals surface area contributed by atoms with E-state index in [1.54, 1.807) is 24.3 Å². The minimum Gasteiger partial charge on any atom is -0.481 e. The average molecular weight is 526 g/mol. The number of esters is 1. The third-order valence-electron chi connectivity index (χ3n) is 4.75. The molecule has 0 saturated heterocycles. The van der Waals surface area contributed by atoms with Gasteiger partial charge in [0.1, 0.15) is 16.1 Å². The van der Waals surface area contributed by atoms with Crippen molar-refractivity contribution in [1.29, 1.82) is 0 Å². The minimum absolute atomic E-state index is 0.00256. The van der Waals surface area contributed by atoms with Crippen LogP contribution in [0.2, 0.25) is 25.1 Å². The number of rotatable bonds is 6. The zero-order valence-corrected chi connectivity index (χ0v) is 19.9. The number of anilines is 1. The SMILES string of the molecule is O=C(COc1c(Cl)c(Cl)c(Cl)c(Cl)c1Cl)Nc1ccc(C(=O)OC2CCCCC2)cc1. The molecule has 5 nitrogen and oxygen atoms in total. The lowest BCUT2D eigenvalue weighted by Crippen LogP contribution is -2.21. The predicted molar refractivity (Wildman–Crippen MR) is 124 cm³/mol. The Hall–Kier alpha value is -1.37. The van der Waals surface area contributed by atoms with Crippen LogP contribution in [-0.4, -0.2) is 24.6 Å². The van der Waals surface area contributed by atoms with Crippen molar-refractivity contribution in [3.63, 3.8) is 0 Å². The number of halogens is 5. The second-order valence-electron chi connectivity index (χ2n) is 6.98. The second-order valence-corrected chi connectivity index (χ2v) is 8.87. The number of hydrogen-bond acceptors (Lipinski definition) is 4. The van der Waals surface area contributed by atoms with E-state index in [0.29, 0.717) is 11.3 Å². The van der Waals surface area contributed by atoms with Gasteiger partial charge in [-0.15, -0.1) is 0 Å². The van der Waals surface area contributed by atoms with Crippen molar-refractivity contribution in [2.75, 3.05) is 11.9 Å². The molecule has 3 rings (SSSR count). The van der Waals surface area contributed by atoms with Gasteiger partial charge in [0.25, 0.3) is 5.91 Å². The van der Waals surface area contributed by atoms with Crippen molar-refractivity contribution in [3.8, 4) is 5.75 Å². The van der Waals surface area contributed by atoms with E-state index in [1.165, 1.54) is 6.42 Å². The van der Waals surface area contributed by atoms with Crippen LogP contribution in [0.15, 0.2) is 24.3 Å². The first-order chi connectivity index (χ1) is 14.8. The molecule has 1 saturated carbocycles. The molecule has 0 aromatic heterocycles. The summed E-state index contributed by atoms with van der Waals surface area (Å²) in [6.07, 6.45) is 5.12. The van der Waals surface area contributed by atoms with Crippen molar-refractivity contribution in [2.24, 2.45) is 0 Å². The summed E-state index contributed by atoms with van der Waals surface area (Å²) < 4.78 is 10.9. The van der Waals surface area contributed by atoms with Gasteiger partial charge >= 0.3 is 5.97 Å². The topological polar surface area (TPSA) is 64.6 Å². The number of nitrogens with one attached hydrogen (secondary N) is 1. The quantitative estimate of drug-likeness (QED) is 0.242. The predicted octanol–water partition coefficient (Wildman–Crippen LogP) is 7.46. The molecule has 0 radical (unpaired) electrons. The van der Waals surface area contributed by atoms with Gasteiger partial charge in [-0.25, -0.2) is 4.79 Å². The molecular weight excluding hydrogens is 507 g/mol. The van der Waals surface area contributed by atoms with Crippen molar-refractivity contribution >= 4 is 75.6 Å². The maximum atomic E-state index is 12.3. The third-order valence-corrected chi connectivity index (χ3v) is 6.99. The molecule has 0 bridgehead atoms. The number of benzene rings is 2. The molecule has 0 spiro atoms. The highest BCUT2D eigenvalue weighted by atomic mass is 35.5. The monoisotopic (exact) mass is 523 g/mol. The molecule has 1 fully saturated rings. The zero-order chi connectivity index (χ0) is 22.5. The number of ether oxygens (including phenoxy) is 2.